The maximum absolute atomic E-state index is 12.1. The fourth-order valence-electron chi connectivity index (χ4n) is 3.48. The van der Waals surface area contributed by atoms with Crippen molar-refractivity contribution in [3.63, 3.8) is 0 Å². The molecule has 17 heavy (non-hydrogen) atoms. The van der Waals surface area contributed by atoms with Gasteiger partial charge in [-0.25, -0.2) is 0 Å². The monoisotopic (exact) mass is 236 g/mol. The first-order valence-electron chi connectivity index (χ1n) is 6.72. The van der Waals surface area contributed by atoms with E-state index in [1.807, 2.05) is 6.08 Å². The Kier molecular flexibility index (Phi) is 2.97. The van der Waals surface area contributed by atoms with Gasteiger partial charge in [0.2, 0.25) is 0 Å². The zero-order valence-electron chi connectivity index (χ0n) is 11.4. The standard InChI is InChI=1S/C15H24O2/c1-10-6-5-7-11-8-13(16)12(14(2,3)17)9-15(10,11)4/h8,10,12,17H,5-7,9H2,1-4H3. The van der Waals surface area contributed by atoms with Crippen molar-refractivity contribution in [2.24, 2.45) is 17.3 Å². The van der Waals surface area contributed by atoms with Gasteiger partial charge in [-0.1, -0.05) is 19.4 Å². The molecule has 0 heterocycles. The predicted octanol–water partition coefficient (Wildman–Crippen LogP) is 3.10. The van der Waals surface area contributed by atoms with E-state index in [4.69, 9.17) is 0 Å². The second kappa shape index (κ2) is 3.94. The van der Waals surface area contributed by atoms with Gasteiger partial charge in [0.05, 0.1) is 11.5 Å². The molecule has 3 atom stereocenters. The number of rotatable bonds is 1. The van der Waals surface area contributed by atoms with Gasteiger partial charge < -0.3 is 5.11 Å². The van der Waals surface area contributed by atoms with Crippen LogP contribution in [0, 0.1) is 17.3 Å². The van der Waals surface area contributed by atoms with Gasteiger partial charge >= 0.3 is 0 Å². The molecule has 3 unspecified atom stereocenters. The summed E-state index contributed by atoms with van der Waals surface area (Å²) in [5.74, 6) is 0.497. The Labute approximate surface area is 104 Å². The zero-order valence-corrected chi connectivity index (χ0v) is 11.4. The number of ketones is 1. The van der Waals surface area contributed by atoms with Gasteiger partial charge in [-0.15, -0.1) is 0 Å². The lowest BCUT2D eigenvalue weighted by molar-refractivity contribution is -0.129. The first-order chi connectivity index (χ1) is 7.75. The molecule has 0 spiro atoms. The topological polar surface area (TPSA) is 37.3 Å². The van der Waals surface area contributed by atoms with Crippen molar-refractivity contribution >= 4 is 5.78 Å². The molecule has 2 nitrogen and oxygen atoms in total. The molecule has 0 aromatic carbocycles. The summed E-state index contributed by atoms with van der Waals surface area (Å²) in [6.07, 6.45) is 6.14. The Morgan fingerprint density at radius 2 is 2.12 bits per heavy atom. The number of aliphatic hydroxyl groups is 1. The molecule has 0 bridgehead atoms. The Morgan fingerprint density at radius 1 is 1.47 bits per heavy atom. The summed E-state index contributed by atoms with van der Waals surface area (Å²) in [5.41, 5.74) is 0.539. The van der Waals surface area contributed by atoms with Crippen molar-refractivity contribution in [1.29, 1.82) is 0 Å². The number of carbonyl (C=O) groups is 1. The van der Waals surface area contributed by atoms with Crippen LogP contribution in [0.2, 0.25) is 0 Å². The molecular formula is C15H24O2. The Balaban J connectivity index is 2.37. The SMILES string of the molecule is CC1CCCC2=CC(=O)C(C(C)(C)O)CC21C. The molecule has 2 aliphatic rings. The summed E-state index contributed by atoms with van der Waals surface area (Å²) >= 11 is 0. The molecule has 0 saturated heterocycles. The highest BCUT2D eigenvalue weighted by Crippen LogP contribution is 2.52. The molecule has 2 aliphatic carbocycles. The van der Waals surface area contributed by atoms with Gasteiger partial charge in [0.25, 0.3) is 0 Å². The fraction of sp³-hybridized carbons (Fsp3) is 0.800. The third-order valence-electron chi connectivity index (χ3n) is 5.05. The quantitative estimate of drug-likeness (QED) is 0.759. The van der Waals surface area contributed by atoms with Gasteiger partial charge in [-0.05, 0) is 56.9 Å². The lowest BCUT2D eigenvalue weighted by Gasteiger charge is -2.48. The minimum Gasteiger partial charge on any atom is -0.390 e. The summed E-state index contributed by atoms with van der Waals surface area (Å²) in [6.45, 7) is 8.06. The van der Waals surface area contributed by atoms with Gasteiger partial charge in [0.1, 0.15) is 0 Å². The van der Waals surface area contributed by atoms with Gasteiger partial charge in [-0.3, -0.25) is 4.79 Å². The minimum atomic E-state index is -0.903. The number of carbonyl (C=O) groups excluding carboxylic acids is 1. The van der Waals surface area contributed by atoms with Crippen LogP contribution in [-0.4, -0.2) is 16.5 Å². The lowest BCUT2D eigenvalue weighted by Crippen LogP contribution is -2.46. The van der Waals surface area contributed by atoms with E-state index in [0.717, 1.165) is 12.8 Å². The first kappa shape index (κ1) is 12.8. The molecule has 1 saturated carbocycles. The van der Waals surface area contributed by atoms with Crippen molar-refractivity contribution in [2.45, 2.75) is 59.0 Å². The summed E-state index contributed by atoms with van der Waals surface area (Å²) < 4.78 is 0. The van der Waals surface area contributed by atoms with Crippen molar-refractivity contribution in [3.8, 4) is 0 Å². The highest BCUT2D eigenvalue weighted by atomic mass is 16.3. The van der Waals surface area contributed by atoms with Crippen LogP contribution >= 0.6 is 0 Å². The third-order valence-corrected chi connectivity index (χ3v) is 5.05. The van der Waals surface area contributed by atoms with E-state index >= 15 is 0 Å². The molecule has 2 rings (SSSR count). The van der Waals surface area contributed by atoms with Crippen molar-refractivity contribution in [3.05, 3.63) is 11.6 Å². The van der Waals surface area contributed by atoms with E-state index in [2.05, 4.69) is 13.8 Å². The smallest absolute Gasteiger partial charge is 0.161 e. The van der Waals surface area contributed by atoms with Crippen LogP contribution in [0.4, 0.5) is 0 Å². The normalized spacial score (nSPS) is 38.6. The molecule has 0 aromatic heterocycles. The number of hydrogen-bond acceptors (Lipinski definition) is 2. The summed E-state index contributed by atoms with van der Waals surface area (Å²) in [6, 6.07) is 0. The second-order valence-electron chi connectivity index (χ2n) is 6.69. The van der Waals surface area contributed by atoms with Gasteiger partial charge in [0.15, 0.2) is 5.78 Å². The number of hydrogen-bond donors (Lipinski definition) is 1. The van der Waals surface area contributed by atoms with Gasteiger partial charge in [-0.2, -0.15) is 0 Å². The van der Waals surface area contributed by atoms with E-state index in [9.17, 15) is 9.90 Å². The zero-order chi connectivity index (χ0) is 12.8. The molecule has 96 valence electrons. The average molecular weight is 236 g/mol. The van der Waals surface area contributed by atoms with E-state index < -0.39 is 5.60 Å². The number of fused-ring (bicyclic) bond motifs is 1. The summed E-state index contributed by atoms with van der Waals surface area (Å²) in [4.78, 5) is 12.1. The maximum atomic E-state index is 12.1. The maximum Gasteiger partial charge on any atom is 0.161 e. The Bertz CT molecular complexity index is 362. The van der Waals surface area contributed by atoms with Crippen LogP contribution in [0.25, 0.3) is 0 Å². The van der Waals surface area contributed by atoms with Crippen LogP contribution in [-0.2, 0) is 4.79 Å². The average Bonchev–Trinajstić information content (AvgIpc) is 2.19. The molecule has 1 N–H and O–H groups in total. The van der Waals surface area contributed by atoms with Crippen LogP contribution < -0.4 is 0 Å². The van der Waals surface area contributed by atoms with Crippen LogP contribution in [0.5, 0.6) is 0 Å². The Hall–Kier alpha value is -0.630. The van der Waals surface area contributed by atoms with Gasteiger partial charge in [0, 0.05) is 0 Å². The van der Waals surface area contributed by atoms with E-state index in [-0.39, 0.29) is 17.1 Å². The molecule has 0 aromatic rings. The minimum absolute atomic E-state index is 0.122. The van der Waals surface area contributed by atoms with Crippen LogP contribution in [0.3, 0.4) is 0 Å². The van der Waals surface area contributed by atoms with Crippen molar-refractivity contribution < 1.29 is 9.90 Å². The molecule has 0 radical (unpaired) electrons. The largest absolute Gasteiger partial charge is 0.390 e. The number of allylic oxidation sites excluding steroid dienone is 2. The van der Waals surface area contributed by atoms with Crippen molar-refractivity contribution in [2.75, 3.05) is 0 Å². The summed E-state index contributed by atoms with van der Waals surface area (Å²) in [7, 11) is 0. The fourth-order valence-corrected chi connectivity index (χ4v) is 3.48. The molecule has 0 amide bonds. The first-order valence-corrected chi connectivity index (χ1v) is 6.72. The van der Waals surface area contributed by atoms with Crippen LogP contribution in [0.15, 0.2) is 11.6 Å². The van der Waals surface area contributed by atoms with Crippen LogP contribution in [0.1, 0.15) is 53.4 Å². The molecule has 2 heteroatoms. The highest BCUT2D eigenvalue weighted by Gasteiger charge is 2.47. The predicted molar refractivity (Wildman–Crippen MR) is 68.6 cm³/mol. The Morgan fingerprint density at radius 3 is 2.71 bits per heavy atom. The molecular weight excluding hydrogens is 212 g/mol. The highest BCUT2D eigenvalue weighted by molar-refractivity contribution is 5.94. The molecule has 0 aliphatic heterocycles. The van der Waals surface area contributed by atoms with E-state index in [1.54, 1.807) is 13.8 Å². The van der Waals surface area contributed by atoms with Crippen molar-refractivity contribution in [1.82, 2.24) is 0 Å². The third kappa shape index (κ3) is 2.08. The van der Waals surface area contributed by atoms with E-state index in [0.29, 0.717) is 5.92 Å². The van der Waals surface area contributed by atoms with E-state index in [1.165, 1.54) is 18.4 Å². The second-order valence-corrected chi connectivity index (χ2v) is 6.69. The lowest BCUT2D eigenvalue weighted by atomic mass is 9.56. The molecule has 1 fully saturated rings. The summed E-state index contributed by atoms with van der Waals surface area (Å²) in [5, 5.41) is 10.2.